The van der Waals surface area contributed by atoms with Gasteiger partial charge in [-0.2, -0.15) is 0 Å². The third-order valence-corrected chi connectivity index (χ3v) is 5.31. The number of alkyl halides is 1. The van der Waals surface area contributed by atoms with Crippen molar-refractivity contribution in [1.82, 2.24) is 4.90 Å². The largest absolute Gasteiger partial charge is 0.335 e. The van der Waals surface area contributed by atoms with Gasteiger partial charge in [-0.25, -0.2) is 0 Å². The molecule has 1 heterocycles. The molecule has 1 amide bonds. The number of hydrogen-bond donors (Lipinski definition) is 0. The van der Waals surface area contributed by atoms with Gasteiger partial charge in [0.2, 0.25) is 0 Å². The minimum Gasteiger partial charge on any atom is -0.335 e. The molecule has 0 radical (unpaired) electrons. The van der Waals surface area contributed by atoms with Crippen LogP contribution >= 0.6 is 47.8 Å². The Kier molecular flexibility index (Phi) is 4.89. The van der Waals surface area contributed by atoms with E-state index in [0.29, 0.717) is 12.0 Å². The molecule has 2 nitrogen and oxygen atoms in total. The van der Waals surface area contributed by atoms with E-state index < -0.39 is 0 Å². The van der Waals surface area contributed by atoms with Gasteiger partial charge in [0.1, 0.15) is 0 Å². The van der Waals surface area contributed by atoms with Crippen molar-refractivity contribution in [3.63, 3.8) is 0 Å². The molecule has 0 N–H and O–H groups in total. The molecule has 2 rings (SSSR count). The van der Waals surface area contributed by atoms with Gasteiger partial charge in [-0.3, -0.25) is 4.79 Å². The highest BCUT2D eigenvalue weighted by atomic mass is 79.9. The maximum absolute atomic E-state index is 12.6. The van der Waals surface area contributed by atoms with Gasteiger partial charge in [0, 0.05) is 26.9 Å². The average molecular weight is 440 g/mol. The summed E-state index contributed by atoms with van der Waals surface area (Å²) in [4.78, 5) is 14.6. The predicted octanol–water partition coefficient (Wildman–Crippen LogP) is 4.46. The van der Waals surface area contributed by atoms with Crippen LogP contribution in [-0.4, -0.2) is 28.7 Å². The van der Waals surface area contributed by atoms with E-state index in [4.69, 9.17) is 0 Å². The van der Waals surface area contributed by atoms with E-state index in [1.807, 2.05) is 23.1 Å². The molecule has 0 aromatic heterocycles. The van der Waals surface area contributed by atoms with Crippen LogP contribution in [0.4, 0.5) is 0 Å². The molecule has 1 fully saturated rings. The molecule has 1 saturated heterocycles. The van der Waals surface area contributed by atoms with Crippen molar-refractivity contribution >= 4 is 53.7 Å². The van der Waals surface area contributed by atoms with Crippen molar-refractivity contribution in [3.8, 4) is 0 Å². The first-order valence-electron chi connectivity index (χ1n) is 5.86. The lowest BCUT2D eigenvalue weighted by atomic mass is 10.0. The van der Waals surface area contributed by atoms with Crippen LogP contribution < -0.4 is 0 Å². The first-order valence-corrected chi connectivity index (χ1v) is 8.57. The van der Waals surface area contributed by atoms with Crippen molar-refractivity contribution < 1.29 is 4.79 Å². The summed E-state index contributed by atoms with van der Waals surface area (Å²) < 4.78 is 1.78. The van der Waals surface area contributed by atoms with Crippen LogP contribution in [0.5, 0.6) is 0 Å². The molecule has 0 spiro atoms. The SMILES string of the molecule is CC1CCN(C(=O)c2cc(Br)ccc2Br)C1CBr. The van der Waals surface area contributed by atoms with E-state index in [1.54, 1.807) is 0 Å². The van der Waals surface area contributed by atoms with Gasteiger partial charge in [0.05, 0.1) is 5.56 Å². The summed E-state index contributed by atoms with van der Waals surface area (Å²) in [5.41, 5.74) is 0.726. The lowest BCUT2D eigenvalue weighted by Crippen LogP contribution is -2.38. The zero-order valence-corrected chi connectivity index (χ0v) is 14.8. The minimum atomic E-state index is 0.108. The number of carbonyl (C=O) groups excluding carboxylic acids is 1. The van der Waals surface area contributed by atoms with E-state index in [1.165, 1.54) is 0 Å². The molecule has 0 bridgehead atoms. The molecule has 0 aliphatic carbocycles. The van der Waals surface area contributed by atoms with Crippen molar-refractivity contribution in [3.05, 3.63) is 32.7 Å². The highest BCUT2D eigenvalue weighted by Crippen LogP contribution is 2.30. The Morgan fingerprint density at radius 3 is 2.83 bits per heavy atom. The Hall–Kier alpha value is 0.130. The number of rotatable bonds is 2. The number of benzene rings is 1. The van der Waals surface area contributed by atoms with Gasteiger partial charge >= 0.3 is 0 Å². The lowest BCUT2D eigenvalue weighted by molar-refractivity contribution is 0.0737. The number of likely N-dealkylation sites (tertiary alicyclic amines) is 1. The number of nitrogens with zero attached hydrogens (tertiary/aromatic N) is 1. The Morgan fingerprint density at radius 1 is 1.44 bits per heavy atom. The fourth-order valence-electron chi connectivity index (χ4n) is 2.31. The Balaban J connectivity index is 2.28. The maximum Gasteiger partial charge on any atom is 0.255 e. The summed E-state index contributed by atoms with van der Waals surface area (Å²) in [5, 5.41) is 0.839. The van der Waals surface area contributed by atoms with Crippen molar-refractivity contribution in [1.29, 1.82) is 0 Å². The Labute approximate surface area is 133 Å². The number of carbonyl (C=O) groups is 1. The molecule has 0 saturated carbocycles. The van der Waals surface area contributed by atoms with Crippen molar-refractivity contribution in [2.24, 2.45) is 5.92 Å². The Bertz CT molecular complexity index is 464. The van der Waals surface area contributed by atoms with Crippen LogP contribution in [0.3, 0.4) is 0 Å². The third kappa shape index (κ3) is 2.83. The molecule has 18 heavy (non-hydrogen) atoms. The number of halogens is 3. The van der Waals surface area contributed by atoms with Crippen LogP contribution in [0.25, 0.3) is 0 Å². The summed E-state index contributed by atoms with van der Waals surface area (Å²) in [6.45, 7) is 3.05. The maximum atomic E-state index is 12.6. The molecule has 1 aliphatic heterocycles. The minimum absolute atomic E-state index is 0.108. The molecule has 1 aromatic rings. The van der Waals surface area contributed by atoms with Crippen LogP contribution in [0.2, 0.25) is 0 Å². The normalized spacial score (nSPS) is 23.4. The molecule has 2 unspecified atom stereocenters. The van der Waals surface area contributed by atoms with Gasteiger partial charge in [-0.1, -0.05) is 38.8 Å². The van der Waals surface area contributed by atoms with Gasteiger partial charge in [-0.15, -0.1) is 0 Å². The second-order valence-corrected chi connectivity index (χ2v) is 7.03. The first kappa shape index (κ1) is 14.5. The van der Waals surface area contributed by atoms with Crippen LogP contribution in [0.1, 0.15) is 23.7 Å². The fraction of sp³-hybridized carbons (Fsp3) is 0.462. The summed E-state index contributed by atoms with van der Waals surface area (Å²) in [6, 6.07) is 6.00. The molecule has 5 heteroatoms. The van der Waals surface area contributed by atoms with Crippen LogP contribution in [0.15, 0.2) is 27.1 Å². The van der Waals surface area contributed by atoms with E-state index in [0.717, 1.165) is 32.8 Å². The van der Waals surface area contributed by atoms with Crippen molar-refractivity contribution in [2.75, 3.05) is 11.9 Å². The highest BCUT2D eigenvalue weighted by Gasteiger charge is 2.34. The second kappa shape index (κ2) is 6.06. The van der Waals surface area contributed by atoms with Crippen molar-refractivity contribution in [2.45, 2.75) is 19.4 Å². The molecule has 1 aromatic carbocycles. The highest BCUT2D eigenvalue weighted by molar-refractivity contribution is 9.11. The molecular formula is C13H14Br3NO. The standard InChI is InChI=1S/C13H14Br3NO/c1-8-4-5-17(12(8)7-14)13(18)10-6-9(15)2-3-11(10)16/h2-3,6,8,12H,4-5,7H2,1H3. The molecule has 1 aliphatic rings. The summed E-state index contributed by atoms with van der Waals surface area (Å²) in [6.07, 6.45) is 1.08. The van der Waals surface area contributed by atoms with Gasteiger partial charge in [0.25, 0.3) is 5.91 Å². The Morgan fingerprint density at radius 2 is 2.17 bits per heavy atom. The topological polar surface area (TPSA) is 20.3 Å². The average Bonchev–Trinajstić information content (AvgIpc) is 2.72. The van der Waals surface area contributed by atoms with E-state index in [-0.39, 0.29) is 5.91 Å². The number of hydrogen-bond acceptors (Lipinski definition) is 1. The number of amides is 1. The predicted molar refractivity (Wildman–Crippen MR) is 84.2 cm³/mol. The van der Waals surface area contributed by atoms with Gasteiger partial charge < -0.3 is 4.90 Å². The summed E-state index contributed by atoms with van der Waals surface area (Å²) in [5.74, 6) is 0.663. The summed E-state index contributed by atoms with van der Waals surface area (Å²) >= 11 is 10.4. The van der Waals surface area contributed by atoms with E-state index in [9.17, 15) is 4.79 Å². The quantitative estimate of drug-likeness (QED) is 0.623. The molecule has 2 atom stereocenters. The second-order valence-electron chi connectivity index (χ2n) is 4.61. The van der Waals surface area contributed by atoms with Crippen LogP contribution in [0, 0.1) is 5.92 Å². The van der Waals surface area contributed by atoms with Gasteiger partial charge in [0.15, 0.2) is 0 Å². The monoisotopic (exact) mass is 437 g/mol. The third-order valence-electron chi connectivity index (χ3n) is 3.46. The van der Waals surface area contributed by atoms with Crippen LogP contribution in [-0.2, 0) is 0 Å². The van der Waals surface area contributed by atoms with E-state index >= 15 is 0 Å². The zero-order valence-electron chi connectivity index (χ0n) is 10.00. The smallest absolute Gasteiger partial charge is 0.255 e. The first-order chi connectivity index (χ1) is 8.54. The molecular weight excluding hydrogens is 426 g/mol. The molecule has 98 valence electrons. The van der Waals surface area contributed by atoms with Gasteiger partial charge in [-0.05, 0) is 46.5 Å². The lowest BCUT2D eigenvalue weighted by Gasteiger charge is -2.25. The van der Waals surface area contributed by atoms with E-state index in [2.05, 4.69) is 54.7 Å². The fourth-order valence-corrected chi connectivity index (χ4v) is 4.08. The zero-order chi connectivity index (χ0) is 13.3. The summed E-state index contributed by atoms with van der Waals surface area (Å²) in [7, 11) is 0.